The molecule has 26 heavy (non-hydrogen) atoms. The van der Waals surface area contributed by atoms with Crippen LogP contribution in [0.25, 0.3) is 0 Å². The molecule has 0 fully saturated rings. The van der Waals surface area contributed by atoms with Crippen molar-refractivity contribution < 1.29 is 22.7 Å². The lowest BCUT2D eigenvalue weighted by Gasteiger charge is -2.14. The molecule has 2 amide bonds. The predicted octanol–water partition coefficient (Wildman–Crippen LogP) is 2.89. The Labute approximate surface area is 152 Å². The van der Waals surface area contributed by atoms with Gasteiger partial charge in [-0.2, -0.15) is 0 Å². The summed E-state index contributed by atoms with van der Waals surface area (Å²) in [7, 11) is -3.84. The summed E-state index contributed by atoms with van der Waals surface area (Å²) in [5, 5.41) is 0. The van der Waals surface area contributed by atoms with Gasteiger partial charge in [0.25, 0.3) is 11.8 Å². The van der Waals surface area contributed by atoms with Crippen molar-refractivity contribution in [1.82, 2.24) is 4.90 Å². The number of imide groups is 1. The van der Waals surface area contributed by atoms with Crippen LogP contribution in [-0.4, -0.2) is 37.6 Å². The maximum absolute atomic E-state index is 12.6. The minimum atomic E-state index is -3.84. The van der Waals surface area contributed by atoms with Crippen LogP contribution in [0.5, 0.6) is 5.75 Å². The van der Waals surface area contributed by atoms with Crippen LogP contribution in [0.15, 0.2) is 53.4 Å². The molecular weight excluding hydrogens is 354 g/mol. The lowest BCUT2D eigenvalue weighted by Crippen LogP contribution is -2.34. The van der Waals surface area contributed by atoms with Crippen molar-refractivity contribution >= 4 is 21.7 Å². The van der Waals surface area contributed by atoms with Crippen molar-refractivity contribution in [2.75, 3.05) is 12.5 Å². The number of carbonyl (C=O) groups excluding carboxylic acids is 2. The number of benzene rings is 2. The minimum Gasteiger partial charge on any atom is -0.494 e. The summed E-state index contributed by atoms with van der Waals surface area (Å²) in [5.41, 5.74) is 0.458. The van der Waals surface area contributed by atoms with E-state index in [9.17, 15) is 18.0 Å². The SMILES string of the molecule is CCCCOc1ccc(S(=O)(=O)CN2C(=O)c3ccccc3C2=O)cc1. The predicted molar refractivity (Wildman–Crippen MR) is 95.8 cm³/mol. The van der Waals surface area contributed by atoms with Crippen molar-refractivity contribution in [2.24, 2.45) is 0 Å². The van der Waals surface area contributed by atoms with Gasteiger partial charge in [-0.15, -0.1) is 0 Å². The van der Waals surface area contributed by atoms with Crippen LogP contribution in [0.4, 0.5) is 0 Å². The van der Waals surface area contributed by atoms with Crippen molar-refractivity contribution in [1.29, 1.82) is 0 Å². The van der Waals surface area contributed by atoms with Gasteiger partial charge >= 0.3 is 0 Å². The second-order valence-corrected chi connectivity index (χ2v) is 7.96. The van der Waals surface area contributed by atoms with E-state index in [0.717, 1.165) is 17.7 Å². The van der Waals surface area contributed by atoms with E-state index in [1.54, 1.807) is 24.3 Å². The fourth-order valence-electron chi connectivity index (χ4n) is 2.68. The Morgan fingerprint density at radius 3 is 2.04 bits per heavy atom. The molecule has 0 radical (unpaired) electrons. The zero-order chi connectivity index (χ0) is 18.7. The number of sulfone groups is 1. The number of nitrogens with zero attached hydrogens (tertiary/aromatic N) is 1. The fourth-order valence-corrected chi connectivity index (χ4v) is 3.95. The monoisotopic (exact) mass is 373 g/mol. The molecule has 0 bridgehead atoms. The average molecular weight is 373 g/mol. The van der Waals surface area contributed by atoms with Gasteiger partial charge in [-0.05, 0) is 42.8 Å². The van der Waals surface area contributed by atoms with Gasteiger partial charge in [-0.1, -0.05) is 25.5 Å². The third kappa shape index (κ3) is 3.48. The summed E-state index contributed by atoms with van der Waals surface area (Å²) < 4.78 is 30.7. The van der Waals surface area contributed by atoms with Gasteiger partial charge in [0.05, 0.1) is 22.6 Å². The molecule has 1 aliphatic rings. The van der Waals surface area contributed by atoms with E-state index >= 15 is 0 Å². The highest BCUT2D eigenvalue weighted by molar-refractivity contribution is 7.91. The van der Waals surface area contributed by atoms with Crippen LogP contribution in [0, 0.1) is 0 Å². The Hall–Kier alpha value is -2.67. The van der Waals surface area contributed by atoms with Gasteiger partial charge < -0.3 is 4.74 Å². The van der Waals surface area contributed by atoms with E-state index in [4.69, 9.17) is 4.74 Å². The normalized spacial score (nSPS) is 13.8. The van der Waals surface area contributed by atoms with Gasteiger partial charge in [0.2, 0.25) is 0 Å². The number of hydrogen-bond donors (Lipinski definition) is 0. The molecule has 1 heterocycles. The Morgan fingerprint density at radius 1 is 0.923 bits per heavy atom. The van der Waals surface area contributed by atoms with E-state index < -0.39 is 27.5 Å². The first-order valence-corrected chi connectivity index (χ1v) is 10.00. The number of rotatable bonds is 7. The molecule has 1 aliphatic heterocycles. The second kappa shape index (κ2) is 7.29. The second-order valence-electron chi connectivity index (χ2n) is 6.00. The van der Waals surface area contributed by atoms with Crippen LogP contribution in [0.1, 0.15) is 40.5 Å². The molecule has 6 nitrogen and oxygen atoms in total. The first-order valence-electron chi connectivity index (χ1n) is 8.35. The lowest BCUT2D eigenvalue weighted by atomic mass is 10.1. The van der Waals surface area contributed by atoms with Crippen molar-refractivity contribution in [2.45, 2.75) is 24.7 Å². The van der Waals surface area contributed by atoms with E-state index in [0.29, 0.717) is 12.4 Å². The highest BCUT2D eigenvalue weighted by Gasteiger charge is 2.38. The van der Waals surface area contributed by atoms with Crippen molar-refractivity contribution in [3.63, 3.8) is 0 Å². The van der Waals surface area contributed by atoms with Crippen LogP contribution in [-0.2, 0) is 9.84 Å². The topological polar surface area (TPSA) is 80.8 Å². The van der Waals surface area contributed by atoms with Gasteiger partial charge in [0, 0.05) is 0 Å². The number of fused-ring (bicyclic) bond motifs is 1. The van der Waals surface area contributed by atoms with Gasteiger partial charge in [-0.3, -0.25) is 14.5 Å². The summed E-state index contributed by atoms with van der Waals surface area (Å²) in [6.07, 6.45) is 1.92. The first kappa shape index (κ1) is 18.1. The summed E-state index contributed by atoms with van der Waals surface area (Å²) in [4.78, 5) is 25.5. The zero-order valence-corrected chi connectivity index (χ0v) is 15.2. The molecule has 0 aliphatic carbocycles. The fraction of sp³-hybridized carbons (Fsp3) is 0.263. The molecule has 0 unspecified atom stereocenters. The van der Waals surface area contributed by atoms with Crippen LogP contribution < -0.4 is 4.74 Å². The van der Waals surface area contributed by atoms with Crippen LogP contribution >= 0.6 is 0 Å². The highest BCUT2D eigenvalue weighted by atomic mass is 32.2. The third-order valence-electron chi connectivity index (χ3n) is 4.13. The standard InChI is InChI=1S/C19H19NO5S/c1-2-3-12-25-14-8-10-15(11-9-14)26(23,24)13-20-18(21)16-6-4-5-7-17(16)19(20)22/h4-11H,2-3,12-13H2,1H3. The molecule has 2 aromatic carbocycles. The van der Waals surface area contributed by atoms with Gasteiger partial charge in [0.15, 0.2) is 9.84 Å². The van der Waals surface area contributed by atoms with E-state index in [2.05, 4.69) is 6.92 Å². The summed E-state index contributed by atoms with van der Waals surface area (Å²) >= 11 is 0. The summed E-state index contributed by atoms with van der Waals surface area (Å²) in [6, 6.07) is 12.3. The summed E-state index contributed by atoms with van der Waals surface area (Å²) in [5.74, 6) is -1.28. The van der Waals surface area contributed by atoms with E-state index in [-0.39, 0.29) is 16.0 Å². The maximum Gasteiger partial charge on any atom is 0.262 e. The Bertz CT molecular complexity index is 900. The molecule has 3 rings (SSSR count). The number of hydrogen-bond acceptors (Lipinski definition) is 5. The Kier molecular flexibility index (Phi) is 5.08. The largest absolute Gasteiger partial charge is 0.494 e. The molecular formula is C19H19NO5S. The number of amides is 2. The molecule has 0 saturated carbocycles. The maximum atomic E-state index is 12.6. The number of unbranched alkanes of at least 4 members (excludes halogenated alkanes) is 1. The quantitative estimate of drug-likeness (QED) is 0.551. The molecule has 0 N–H and O–H groups in total. The van der Waals surface area contributed by atoms with Crippen LogP contribution in [0.2, 0.25) is 0 Å². The van der Waals surface area contributed by atoms with Crippen LogP contribution in [0.3, 0.4) is 0 Å². The molecule has 2 aromatic rings. The van der Waals surface area contributed by atoms with E-state index in [1.165, 1.54) is 24.3 Å². The molecule has 0 saturated heterocycles. The molecule has 0 atom stereocenters. The smallest absolute Gasteiger partial charge is 0.262 e. The number of carbonyl (C=O) groups is 2. The van der Waals surface area contributed by atoms with Crippen molar-refractivity contribution in [3.8, 4) is 5.75 Å². The Balaban J connectivity index is 1.75. The third-order valence-corrected chi connectivity index (χ3v) is 5.72. The summed E-state index contributed by atoms with van der Waals surface area (Å²) in [6.45, 7) is 2.62. The number of ether oxygens (including phenoxy) is 1. The lowest BCUT2D eigenvalue weighted by molar-refractivity contribution is 0.0680. The first-order chi connectivity index (χ1) is 12.4. The van der Waals surface area contributed by atoms with Crippen molar-refractivity contribution in [3.05, 3.63) is 59.7 Å². The van der Waals surface area contributed by atoms with E-state index in [1.807, 2.05) is 0 Å². The minimum absolute atomic E-state index is 0.0388. The zero-order valence-electron chi connectivity index (χ0n) is 14.3. The average Bonchev–Trinajstić information content (AvgIpc) is 2.87. The molecule has 7 heteroatoms. The Morgan fingerprint density at radius 2 is 1.50 bits per heavy atom. The molecule has 136 valence electrons. The molecule has 0 spiro atoms. The van der Waals surface area contributed by atoms with Gasteiger partial charge in [0.1, 0.15) is 11.6 Å². The van der Waals surface area contributed by atoms with Gasteiger partial charge in [-0.25, -0.2) is 8.42 Å². The highest BCUT2D eigenvalue weighted by Crippen LogP contribution is 2.25. The molecule has 0 aromatic heterocycles.